The maximum atomic E-state index is 13.1. The molecule has 3 aromatic rings. The Morgan fingerprint density at radius 2 is 2.03 bits per heavy atom. The van der Waals surface area contributed by atoms with Crippen LogP contribution in [0.4, 0.5) is 5.69 Å². The van der Waals surface area contributed by atoms with Crippen LogP contribution in [-0.4, -0.2) is 29.4 Å². The lowest BCUT2D eigenvalue weighted by Gasteiger charge is -2.38. The van der Waals surface area contributed by atoms with E-state index in [0.29, 0.717) is 30.2 Å². The van der Waals surface area contributed by atoms with Crippen molar-refractivity contribution >= 4 is 22.9 Å². The van der Waals surface area contributed by atoms with Crippen molar-refractivity contribution in [1.29, 1.82) is 0 Å². The summed E-state index contributed by atoms with van der Waals surface area (Å²) in [7, 11) is 1.62. The molecule has 2 heterocycles. The highest BCUT2D eigenvalue weighted by molar-refractivity contribution is 7.09. The Morgan fingerprint density at radius 1 is 1.20 bits per heavy atom. The van der Waals surface area contributed by atoms with Gasteiger partial charge in [0.1, 0.15) is 12.8 Å². The molecule has 0 saturated heterocycles. The Labute approximate surface area is 180 Å². The molecule has 0 unspecified atom stereocenters. The average Bonchev–Trinajstić information content (AvgIpc) is 3.19. The number of nitrogens with one attached hydrogen (secondary N) is 1. The summed E-state index contributed by atoms with van der Waals surface area (Å²) >= 11 is 1.60. The molecule has 7 heteroatoms. The maximum absolute atomic E-state index is 13.1. The number of carbonyl (C=O) groups excluding carboxylic acids is 1. The number of thiazole rings is 1. The zero-order chi connectivity index (χ0) is 21.1. The predicted octanol–water partition coefficient (Wildman–Crippen LogP) is 5.02. The van der Waals surface area contributed by atoms with Gasteiger partial charge in [0.05, 0.1) is 23.4 Å². The molecule has 1 aliphatic rings. The summed E-state index contributed by atoms with van der Waals surface area (Å²) in [5.41, 5.74) is 3.39. The highest BCUT2D eigenvalue weighted by Gasteiger charge is 2.32. The number of nitrogens with zero attached hydrogens (tertiary/aromatic N) is 2. The Bertz CT molecular complexity index is 1050. The topological polar surface area (TPSA) is 63.7 Å². The summed E-state index contributed by atoms with van der Waals surface area (Å²) in [5, 5.41) is 6.52. The molecular formula is C23H25N3O3S. The number of hydrogen-bond acceptors (Lipinski definition) is 6. The monoisotopic (exact) mass is 423 g/mol. The van der Waals surface area contributed by atoms with Gasteiger partial charge < -0.3 is 19.7 Å². The molecule has 2 aromatic carbocycles. The van der Waals surface area contributed by atoms with E-state index in [0.717, 1.165) is 28.4 Å². The molecular weight excluding hydrogens is 398 g/mol. The maximum Gasteiger partial charge on any atom is 0.257 e. The van der Waals surface area contributed by atoms with Crippen molar-refractivity contribution in [1.82, 2.24) is 9.88 Å². The van der Waals surface area contributed by atoms with Crippen molar-refractivity contribution in [2.75, 3.05) is 19.0 Å². The van der Waals surface area contributed by atoms with Gasteiger partial charge in [0, 0.05) is 17.6 Å². The fourth-order valence-corrected chi connectivity index (χ4v) is 4.22. The highest BCUT2D eigenvalue weighted by atomic mass is 32.1. The van der Waals surface area contributed by atoms with Crippen molar-refractivity contribution < 1.29 is 14.3 Å². The van der Waals surface area contributed by atoms with Crippen LogP contribution in [0.5, 0.6) is 11.5 Å². The van der Waals surface area contributed by atoms with Gasteiger partial charge in [-0.15, -0.1) is 11.3 Å². The number of ether oxygens (including phenoxy) is 2. The number of hydrogen-bond donors (Lipinski definition) is 1. The van der Waals surface area contributed by atoms with Crippen molar-refractivity contribution in [2.24, 2.45) is 0 Å². The predicted molar refractivity (Wildman–Crippen MR) is 118 cm³/mol. The van der Waals surface area contributed by atoms with E-state index in [1.165, 1.54) is 0 Å². The third-order valence-corrected chi connectivity index (χ3v) is 5.85. The number of fused-ring (bicyclic) bond motifs is 1. The highest BCUT2D eigenvalue weighted by Crippen LogP contribution is 2.37. The molecule has 1 aromatic heterocycles. The molecule has 1 N–H and O–H groups in total. The Hall–Kier alpha value is -3.06. The molecule has 1 amide bonds. The summed E-state index contributed by atoms with van der Waals surface area (Å²) in [6, 6.07) is 13.4. The number of aromatic nitrogens is 1. The summed E-state index contributed by atoms with van der Waals surface area (Å²) in [5.74, 6) is 1.31. The van der Waals surface area contributed by atoms with Gasteiger partial charge >= 0.3 is 0 Å². The molecule has 1 atom stereocenters. The minimum atomic E-state index is -0.267. The Morgan fingerprint density at radius 3 is 2.77 bits per heavy atom. The SMILES string of the molecule is CCCN1C(=O)c2ccccc2N[C@H]1c1ccc(OCc2csc(C)n2)c(OC)c1. The first kappa shape index (κ1) is 20.2. The second-order valence-electron chi connectivity index (χ2n) is 7.15. The van der Waals surface area contributed by atoms with E-state index in [-0.39, 0.29) is 12.1 Å². The van der Waals surface area contributed by atoms with Gasteiger partial charge in [-0.05, 0) is 43.2 Å². The lowest BCUT2D eigenvalue weighted by atomic mass is 10.0. The van der Waals surface area contributed by atoms with E-state index < -0.39 is 0 Å². The number of para-hydroxylation sites is 1. The lowest BCUT2D eigenvalue weighted by molar-refractivity contribution is 0.0683. The van der Waals surface area contributed by atoms with E-state index in [4.69, 9.17) is 9.47 Å². The van der Waals surface area contributed by atoms with Gasteiger partial charge in [0.25, 0.3) is 5.91 Å². The fraction of sp³-hybridized carbons (Fsp3) is 0.304. The molecule has 4 rings (SSSR count). The van der Waals surface area contributed by atoms with Crippen LogP contribution < -0.4 is 14.8 Å². The third-order valence-electron chi connectivity index (χ3n) is 5.03. The zero-order valence-corrected chi connectivity index (χ0v) is 18.2. The van der Waals surface area contributed by atoms with Crippen LogP contribution >= 0.6 is 11.3 Å². The van der Waals surface area contributed by atoms with Gasteiger partial charge in [-0.25, -0.2) is 4.98 Å². The molecule has 0 bridgehead atoms. The van der Waals surface area contributed by atoms with E-state index >= 15 is 0 Å². The summed E-state index contributed by atoms with van der Waals surface area (Å²) in [4.78, 5) is 19.4. The van der Waals surface area contributed by atoms with E-state index in [9.17, 15) is 4.79 Å². The van der Waals surface area contributed by atoms with Crippen LogP contribution in [0.2, 0.25) is 0 Å². The number of aryl methyl sites for hydroxylation is 1. The molecule has 0 spiro atoms. The summed E-state index contributed by atoms with van der Waals surface area (Å²) in [6.45, 7) is 5.09. The van der Waals surface area contributed by atoms with E-state index in [1.54, 1.807) is 18.4 Å². The molecule has 1 aliphatic heterocycles. The first-order chi connectivity index (χ1) is 14.6. The normalized spacial score (nSPS) is 15.5. The fourth-order valence-electron chi connectivity index (χ4n) is 3.63. The van der Waals surface area contributed by atoms with Gasteiger partial charge in [-0.2, -0.15) is 0 Å². The van der Waals surface area contributed by atoms with Crippen molar-refractivity contribution in [2.45, 2.75) is 33.0 Å². The lowest BCUT2D eigenvalue weighted by Crippen LogP contribution is -2.43. The number of carbonyl (C=O) groups is 1. The minimum Gasteiger partial charge on any atom is -0.493 e. The second-order valence-corrected chi connectivity index (χ2v) is 8.21. The Balaban J connectivity index is 1.61. The Kier molecular flexibility index (Phi) is 5.90. The zero-order valence-electron chi connectivity index (χ0n) is 17.3. The minimum absolute atomic E-state index is 0.0365. The van der Waals surface area contributed by atoms with Crippen LogP contribution in [0, 0.1) is 6.92 Å². The second kappa shape index (κ2) is 8.75. The number of anilines is 1. The largest absolute Gasteiger partial charge is 0.493 e. The van der Waals surface area contributed by atoms with Gasteiger partial charge in [-0.3, -0.25) is 4.79 Å². The van der Waals surface area contributed by atoms with Crippen molar-refractivity contribution in [3.05, 3.63) is 69.7 Å². The van der Waals surface area contributed by atoms with E-state index in [2.05, 4.69) is 17.2 Å². The standard InChI is InChI=1S/C23H25N3O3S/c1-4-11-26-22(25-19-8-6-5-7-18(19)23(26)27)16-9-10-20(21(12-16)28-3)29-13-17-14-30-15(2)24-17/h5-10,12,14,22,25H,4,11,13H2,1-3H3/t22-/m1/s1. The molecule has 0 fully saturated rings. The number of benzene rings is 2. The van der Waals surface area contributed by atoms with Gasteiger partial charge in [0.2, 0.25) is 0 Å². The molecule has 156 valence electrons. The smallest absolute Gasteiger partial charge is 0.257 e. The average molecular weight is 424 g/mol. The number of rotatable bonds is 7. The van der Waals surface area contributed by atoms with E-state index in [1.807, 2.05) is 59.7 Å². The van der Waals surface area contributed by atoms with Gasteiger partial charge in [-0.1, -0.05) is 25.1 Å². The number of methoxy groups -OCH3 is 1. The molecule has 30 heavy (non-hydrogen) atoms. The van der Waals surface area contributed by atoms with Crippen LogP contribution in [0.1, 0.15) is 46.1 Å². The molecule has 0 aliphatic carbocycles. The van der Waals surface area contributed by atoms with Crippen molar-refractivity contribution in [3.8, 4) is 11.5 Å². The van der Waals surface area contributed by atoms with Crippen LogP contribution in [0.15, 0.2) is 47.8 Å². The molecule has 0 saturated carbocycles. The van der Waals surface area contributed by atoms with Crippen LogP contribution in [0.25, 0.3) is 0 Å². The van der Waals surface area contributed by atoms with Gasteiger partial charge in [0.15, 0.2) is 11.5 Å². The first-order valence-electron chi connectivity index (χ1n) is 9.99. The first-order valence-corrected chi connectivity index (χ1v) is 10.9. The van der Waals surface area contributed by atoms with Crippen LogP contribution in [-0.2, 0) is 6.61 Å². The molecule has 6 nitrogen and oxygen atoms in total. The third kappa shape index (κ3) is 3.98. The van der Waals surface area contributed by atoms with Crippen molar-refractivity contribution in [3.63, 3.8) is 0 Å². The quantitative estimate of drug-likeness (QED) is 0.578. The summed E-state index contributed by atoms with van der Waals surface area (Å²) < 4.78 is 11.5. The number of amides is 1. The summed E-state index contributed by atoms with van der Waals surface area (Å²) in [6.07, 6.45) is 0.605. The van der Waals surface area contributed by atoms with Crippen LogP contribution in [0.3, 0.4) is 0 Å². The molecule has 0 radical (unpaired) electrons.